The maximum Gasteiger partial charge on any atom is 0.343 e. The monoisotopic (exact) mass is 474 g/mol. The summed E-state index contributed by atoms with van der Waals surface area (Å²) >= 11 is 0. The number of aromatic nitrogens is 2. The normalized spacial score (nSPS) is 21.7. The number of fused-ring (bicyclic) bond motifs is 5. The highest BCUT2D eigenvalue weighted by Gasteiger charge is 2.45. The summed E-state index contributed by atoms with van der Waals surface area (Å²) in [5.41, 5.74) is 3.32. The molecule has 7 heteroatoms. The van der Waals surface area contributed by atoms with E-state index in [-0.39, 0.29) is 18.6 Å². The first-order valence-corrected chi connectivity index (χ1v) is 12.6. The second-order valence-electron chi connectivity index (χ2n) is 10.0. The van der Waals surface area contributed by atoms with E-state index in [1.165, 1.54) is 31.2 Å². The molecule has 3 aliphatic rings. The van der Waals surface area contributed by atoms with Crippen LogP contribution in [0.1, 0.15) is 80.0 Å². The molecule has 0 radical (unpaired) electrons. The van der Waals surface area contributed by atoms with E-state index in [1.54, 1.807) is 24.7 Å². The summed E-state index contributed by atoms with van der Waals surface area (Å²) in [6.07, 6.45) is 7.24. The molecule has 1 aromatic carbocycles. The summed E-state index contributed by atoms with van der Waals surface area (Å²) in [6.45, 7) is 2.04. The minimum absolute atomic E-state index is 0.117. The molecule has 2 aromatic heterocycles. The number of cyclic esters (lactones) is 1. The number of methoxy groups -OCH3 is 1. The van der Waals surface area contributed by atoms with Crippen molar-refractivity contribution in [2.24, 2.45) is 0 Å². The van der Waals surface area contributed by atoms with Gasteiger partial charge >= 0.3 is 5.97 Å². The molecule has 0 amide bonds. The van der Waals surface area contributed by atoms with Gasteiger partial charge in [0.25, 0.3) is 5.56 Å². The van der Waals surface area contributed by atoms with Gasteiger partial charge in [-0.25, -0.2) is 9.78 Å². The van der Waals surface area contributed by atoms with Gasteiger partial charge in [0, 0.05) is 16.5 Å². The number of benzene rings is 1. The van der Waals surface area contributed by atoms with Crippen LogP contribution in [0.3, 0.4) is 0 Å². The number of hydrogen-bond donors (Lipinski definition) is 1. The molecule has 1 fully saturated rings. The predicted molar refractivity (Wildman–Crippen MR) is 132 cm³/mol. The standard InChI is InChI=1S/C28H30N2O5/c1-3-28(33)21-13-23-25-19(14-30(23)26(31)20(21)15-35-27(28)32)24(16-8-6-4-5-7-9-16)18-12-17(34-2)10-11-22(18)29-25/h10-13,16,33H,3-9,14-15H2,1-2H3/t28-/m0/s1. The van der Waals surface area contributed by atoms with Crippen molar-refractivity contribution >= 4 is 16.9 Å². The Morgan fingerprint density at radius 1 is 1.14 bits per heavy atom. The van der Waals surface area contributed by atoms with Gasteiger partial charge in [-0.1, -0.05) is 32.6 Å². The summed E-state index contributed by atoms with van der Waals surface area (Å²) in [6, 6.07) is 7.76. The van der Waals surface area contributed by atoms with Gasteiger partial charge in [0.1, 0.15) is 12.4 Å². The lowest BCUT2D eigenvalue weighted by atomic mass is 9.84. The molecular weight excluding hydrogens is 444 g/mol. The first kappa shape index (κ1) is 22.3. The molecule has 182 valence electrons. The highest BCUT2D eigenvalue weighted by Crippen LogP contribution is 2.45. The van der Waals surface area contributed by atoms with Crippen LogP contribution in [0, 0.1) is 0 Å². The molecule has 0 spiro atoms. The third-order valence-electron chi connectivity index (χ3n) is 8.20. The van der Waals surface area contributed by atoms with E-state index in [0.29, 0.717) is 29.3 Å². The first-order valence-electron chi connectivity index (χ1n) is 12.6. The van der Waals surface area contributed by atoms with Gasteiger partial charge in [-0.3, -0.25) is 4.79 Å². The van der Waals surface area contributed by atoms with Gasteiger partial charge < -0.3 is 19.1 Å². The Morgan fingerprint density at radius 3 is 2.63 bits per heavy atom. The third-order valence-corrected chi connectivity index (χ3v) is 8.20. The molecule has 35 heavy (non-hydrogen) atoms. The zero-order valence-corrected chi connectivity index (χ0v) is 20.2. The predicted octanol–water partition coefficient (Wildman–Crippen LogP) is 4.53. The number of rotatable bonds is 3. The van der Waals surface area contributed by atoms with Crippen LogP contribution >= 0.6 is 0 Å². The largest absolute Gasteiger partial charge is 0.497 e. The van der Waals surface area contributed by atoms with Crippen molar-refractivity contribution in [3.63, 3.8) is 0 Å². The summed E-state index contributed by atoms with van der Waals surface area (Å²) in [5.74, 6) is 0.481. The molecule has 1 saturated carbocycles. The zero-order chi connectivity index (χ0) is 24.3. The Morgan fingerprint density at radius 2 is 1.91 bits per heavy atom. The average Bonchev–Trinajstić information content (AvgIpc) is 3.04. The molecule has 0 bridgehead atoms. The van der Waals surface area contributed by atoms with Crippen molar-refractivity contribution in [1.82, 2.24) is 9.55 Å². The minimum atomic E-state index is -1.82. The maximum absolute atomic E-state index is 13.6. The zero-order valence-electron chi connectivity index (χ0n) is 20.2. The van der Waals surface area contributed by atoms with Crippen molar-refractivity contribution in [3.8, 4) is 17.1 Å². The lowest BCUT2D eigenvalue weighted by Crippen LogP contribution is -2.44. The van der Waals surface area contributed by atoms with E-state index in [1.807, 2.05) is 12.1 Å². The lowest BCUT2D eigenvalue weighted by Gasteiger charge is -2.31. The Balaban J connectivity index is 1.63. The molecule has 1 aliphatic carbocycles. The van der Waals surface area contributed by atoms with E-state index in [9.17, 15) is 14.7 Å². The van der Waals surface area contributed by atoms with Crippen molar-refractivity contribution < 1.29 is 19.4 Å². The molecule has 0 unspecified atom stereocenters. The van der Waals surface area contributed by atoms with Crippen LogP contribution in [0.4, 0.5) is 0 Å². The van der Waals surface area contributed by atoms with Gasteiger partial charge in [0.15, 0.2) is 5.60 Å². The molecule has 1 N–H and O–H groups in total. The smallest absolute Gasteiger partial charge is 0.343 e. The van der Waals surface area contributed by atoms with E-state index in [2.05, 4.69) is 6.07 Å². The van der Waals surface area contributed by atoms with Gasteiger partial charge in [0.2, 0.25) is 0 Å². The molecule has 7 nitrogen and oxygen atoms in total. The Bertz CT molecular complexity index is 1420. The van der Waals surface area contributed by atoms with Crippen LogP contribution in [-0.2, 0) is 28.3 Å². The second-order valence-corrected chi connectivity index (χ2v) is 10.0. The quantitative estimate of drug-likeness (QED) is 0.347. The van der Waals surface area contributed by atoms with Crippen LogP contribution < -0.4 is 10.3 Å². The van der Waals surface area contributed by atoms with Crippen LogP contribution in [0.2, 0.25) is 0 Å². The number of esters is 1. The molecule has 6 rings (SSSR count). The van der Waals surface area contributed by atoms with Crippen LogP contribution in [0.15, 0.2) is 29.1 Å². The summed E-state index contributed by atoms with van der Waals surface area (Å²) in [7, 11) is 1.67. The van der Waals surface area contributed by atoms with Crippen LogP contribution in [0.5, 0.6) is 5.75 Å². The Labute approximate surface area is 203 Å². The Hall–Kier alpha value is -3.19. The topological polar surface area (TPSA) is 90.7 Å². The number of aliphatic hydroxyl groups is 1. The average molecular weight is 475 g/mol. The second kappa shape index (κ2) is 8.19. The van der Waals surface area contributed by atoms with E-state index < -0.39 is 11.6 Å². The van der Waals surface area contributed by atoms with E-state index >= 15 is 0 Å². The maximum atomic E-state index is 13.6. The van der Waals surface area contributed by atoms with Crippen molar-refractivity contribution in [2.45, 2.75) is 76.5 Å². The number of carbonyl (C=O) groups is 1. The molecule has 2 aliphatic heterocycles. The van der Waals surface area contributed by atoms with Crippen molar-refractivity contribution in [3.05, 3.63) is 56.9 Å². The third kappa shape index (κ3) is 3.24. The fourth-order valence-corrected chi connectivity index (χ4v) is 6.25. The lowest BCUT2D eigenvalue weighted by molar-refractivity contribution is -0.172. The fourth-order valence-electron chi connectivity index (χ4n) is 6.25. The molecular formula is C28H30N2O5. The summed E-state index contributed by atoms with van der Waals surface area (Å²) in [5, 5.41) is 12.3. The van der Waals surface area contributed by atoms with Crippen LogP contribution in [-0.4, -0.2) is 27.7 Å². The highest BCUT2D eigenvalue weighted by molar-refractivity contribution is 5.90. The summed E-state index contributed by atoms with van der Waals surface area (Å²) < 4.78 is 12.5. The number of pyridine rings is 2. The first-order chi connectivity index (χ1) is 17.0. The number of carbonyl (C=O) groups excluding carboxylic acids is 1. The number of hydrogen-bond acceptors (Lipinski definition) is 6. The number of nitrogens with zero attached hydrogens (tertiary/aromatic N) is 2. The molecule has 4 heterocycles. The van der Waals surface area contributed by atoms with Gasteiger partial charge in [-0.15, -0.1) is 0 Å². The van der Waals surface area contributed by atoms with Gasteiger partial charge in [0.05, 0.1) is 36.1 Å². The van der Waals surface area contributed by atoms with Crippen molar-refractivity contribution in [2.75, 3.05) is 7.11 Å². The molecule has 1 atom stereocenters. The molecule has 0 saturated heterocycles. The van der Waals surface area contributed by atoms with Crippen LogP contribution in [0.25, 0.3) is 22.3 Å². The summed E-state index contributed by atoms with van der Waals surface area (Å²) in [4.78, 5) is 31.1. The highest BCUT2D eigenvalue weighted by atomic mass is 16.6. The van der Waals surface area contributed by atoms with Gasteiger partial charge in [-0.05, 0) is 55.0 Å². The fraction of sp³-hybridized carbons (Fsp3) is 0.464. The minimum Gasteiger partial charge on any atom is -0.497 e. The SMILES string of the molecule is CC[C@@]1(O)C(=O)OCc2c1cc1n(c2=O)Cc2c-1nc1ccc(OC)cc1c2C1CCCCCC1. The Kier molecular flexibility index (Phi) is 5.22. The van der Waals surface area contributed by atoms with E-state index in [0.717, 1.165) is 40.8 Å². The number of ether oxygens (including phenoxy) is 2. The van der Waals surface area contributed by atoms with Crippen molar-refractivity contribution in [1.29, 1.82) is 0 Å². The van der Waals surface area contributed by atoms with Gasteiger partial charge in [-0.2, -0.15) is 0 Å². The molecule has 3 aromatic rings. The van der Waals surface area contributed by atoms with E-state index in [4.69, 9.17) is 14.5 Å².